The van der Waals surface area contributed by atoms with Crippen molar-refractivity contribution < 1.29 is 14.6 Å². The Hall–Kier alpha value is -2.03. The Morgan fingerprint density at radius 2 is 1.86 bits per heavy atom. The van der Waals surface area contributed by atoms with E-state index >= 15 is 0 Å². The Labute approximate surface area is 168 Å². The number of allylic oxidation sites excluding steroid dienone is 1. The SMILES string of the molecule is CC1(C)CCC(C)(C)c2cc([C@@H]3CCCC4=C3CC(/C=C/C(=O)O)O4)ccc21. The zero-order valence-electron chi connectivity index (χ0n) is 17.5. The molecule has 2 atom stereocenters. The largest absolute Gasteiger partial charge is 0.490 e. The third kappa shape index (κ3) is 3.40. The van der Waals surface area contributed by atoms with Gasteiger partial charge in [0.05, 0.1) is 5.76 Å². The summed E-state index contributed by atoms with van der Waals surface area (Å²) in [7, 11) is 0. The van der Waals surface area contributed by atoms with Crippen LogP contribution in [0.15, 0.2) is 41.7 Å². The summed E-state index contributed by atoms with van der Waals surface area (Å²) < 4.78 is 6.08. The van der Waals surface area contributed by atoms with Gasteiger partial charge in [-0.25, -0.2) is 4.79 Å². The minimum atomic E-state index is -0.912. The summed E-state index contributed by atoms with van der Waals surface area (Å²) in [5.74, 6) is 0.594. The van der Waals surface area contributed by atoms with Crippen LogP contribution in [0.4, 0.5) is 0 Å². The highest BCUT2D eigenvalue weighted by molar-refractivity contribution is 5.79. The number of fused-ring (bicyclic) bond motifs is 1. The van der Waals surface area contributed by atoms with Crippen molar-refractivity contribution in [3.8, 4) is 0 Å². The Morgan fingerprint density at radius 3 is 2.57 bits per heavy atom. The van der Waals surface area contributed by atoms with Crippen LogP contribution < -0.4 is 0 Å². The molecule has 3 aliphatic rings. The van der Waals surface area contributed by atoms with Gasteiger partial charge in [-0.05, 0) is 64.9 Å². The fraction of sp³-hybridized carbons (Fsp3) is 0.560. The average Bonchev–Trinajstić information content (AvgIpc) is 3.07. The molecule has 0 bridgehead atoms. The van der Waals surface area contributed by atoms with Gasteiger partial charge in [0.2, 0.25) is 0 Å². The molecule has 0 aromatic heterocycles. The summed E-state index contributed by atoms with van der Waals surface area (Å²) in [5, 5.41) is 8.91. The van der Waals surface area contributed by atoms with Gasteiger partial charge in [-0.3, -0.25) is 0 Å². The highest BCUT2D eigenvalue weighted by atomic mass is 16.5. The van der Waals surface area contributed by atoms with Crippen LogP contribution in [-0.2, 0) is 20.4 Å². The van der Waals surface area contributed by atoms with E-state index in [4.69, 9.17) is 9.84 Å². The molecule has 0 spiro atoms. The number of ether oxygens (including phenoxy) is 1. The molecule has 1 unspecified atom stereocenters. The molecule has 0 saturated heterocycles. The normalized spacial score (nSPS) is 28.0. The van der Waals surface area contributed by atoms with Gasteiger partial charge in [0, 0.05) is 24.8 Å². The van der Waals surface area contributed by atoms with Gasteiger partial charge in [0.25, 0.3) is 0 Å². The number of hydrogen-bond donors (Lipinski definition) is 1. The second-order valence-corrected chi connectivity index (χ2v) is 10.0. The van der Waals surface area contributed by atoms with E-state index in [1.54, 1.807) is 6.08 Å². The molecule has 28 heavy (non-hydrogen) atoms. The van der Waals surface area contributed by atoms with E-state index in [2.05, 4.69) is 45.9 Å². The summed E-state index contributed by atoms with van der Waals surface area (Å²) >= 11 is 0. The van der Waals surface area contributed by atoms with Crippen LogP contribution >= 0.6 is 0 Å². The van der Waals surface area contributed by atoms with Crippen LogP contribution in [0.25, 0.3) is 0 Å². The molecule has 1 aliphatic heterocycles. The number of benzene rings is 1. The van der Waals surface area contributed by atoms with Gasteiger partial charge in [0.15, 0.2) is 0 Å². The lowest BCUT2D eigenvalue weighted by Gasteiger charge is -2.42. The summed E-state index contributed by atoms with van der Waals surface area (Å²) in [6.45, 7) is 9.49. The maximum Gasteiger partial charge on any atom is 0.328 e. The van der Waals surface area contributed by atoms with Crippen molar-refractivity contribution >= 4 is 5.97 Å². The number of hydrogen-bond acceptors (Lipinski definition) is 2. The lowest BCUT2D eigenvalue weighted by molar-refractivity contribution is -0.131. The van der Waals surface area contributed by atoms with Crippen LogP contribution in [-0.4, -0.2) is 17.2 Å². The summed E-state index contributed by atoms with van der Waals surface area (Å²) in [6, 6.07) is 7.18. The number of carboxylic acids is 1. The summed E-state index contributed by atoms with van der Waals surface area (Å²) in [5.41, 5.74) is 6.26. The monoisotopic (exact) mass is 380 g/mol. The third-order valence-electron chi connectivity index (χ3n) is 7.12. The molecule has 0 radical (unpaired) electrons. The second kappa shape index (κ2) is 6.79. The first-order chi connectivity index (χ1) is 13.2. The molecule has 150 valence electrons. The van der Waals surface area contributed by atoms with E-state index in [1.807, 2.05) is 0 Å². The molecular weight excluding hydrogens is 348 g/mol. The van der Waals surface area contributed by atoms with E-state index in [1.165, 1.54) is 41.2 Å². The van der Waals surface area contributed by atoms with Gasteiger partial charge in [-0.2, -0.15) is 0 Å². The van der Waals surface area contributed by atoms with Crippen molar-refractivity contribution in [2.75, 3.05) is 0 Å². The first kappa shape index (κ1) is 19.3. The Kier molecular flexibility index (Phi) is 4.68. The lowest BCUT2D eigenvalue weighted by Crippen LogP contribution is -2.34. The molecule has 0 saturated carbocycles. The van der Waals surface area contributed by atoms with Gasteiger partial charge >= 0.3 is 5.97 Å². The maximum absolute atomic E-state index is 10.9. The van der Waals surface area contributed by atoms with Crippen LogP contribution in [0.5, 0.6) is 0 Å². The molecule has 3 heteroatoms. The van der Waals surface area contributed by atoms with E-state index in [-0.39, 0.29) is 16.9 Å². The predicted octanol–water partition coefficient (Wildman–Crippen LogP) is 5.99. The van der Waals surface area contributed by atoms with Crippen molar-refractivity contribution in [1.82, 2.24) is 0 Å². The molecule has 0 fully saturated rings. The number of aliphatic carboxylic acids is 1. The van der Waals surface area contributed by atoms with E-state index in [0.717, 1.165) is 31.4 Å². The molecule has 4 rings (SSSR count). The van der Waals surface area contributed by atoms with Crippen molar-refractivity contribution in [3.63, 3.8) is 0 Å². The molecule has 2 aliphatic carbocycles. The van der Waals surface area contributed by atoms with Crippen LogP contribution in [0, 0.1) is 0 Å². The van der Waals surface area contributed by atoms with Crippen molar-refractivity contribution in [2.45, 2.75) is 89.1 Å². The van der Waals surface area contributed by atoms with Gasteiger partial charge in [0.1, 0.15) is 6.10 Å². The average molecular weight is 381 g/mol. The Bertz CT molecular complexity index is 857. The smallest absolute Gasteiger partial charge is 0.328 e. The minimum absolute atomic E-state index is 0.130. The van der Waals surface area contributed by atoms with Crippen LogP contribution in [0.3, 0.4) is 0 Å². The molecular formula is C25H32O3. The third-order valence-corrected chi connectivity index (χ3v) is 7.12. The zero-order chi connectivity index (χ0) is 20.1. The predicted molar refractivity (Wildman–Crippen MR) is 112 cm³/mol. The summed E-state index contributed by atoms with van der Waals surface area (Å²) in [4.78, 5) is 10.9. The topological polar surface area (TPSA) is 46.5 Å². The quantitative estimate of drug-likeness (QED) is 0.656. The van der Waals surface area contributed by atoms with Crippen molar-refractivity contribution in [3.05, 3.63) is 58.4 Å². The second-order valence-electron chi connectivity index (χ2n) is 10.0. The maximum atomic E-state index is 10.9. The van der Waals surface area contributed by atoms with E-state index in [9.17, 15) is 4.79 Å². The van der Waals surface area contributed by atoms with Gasteiger partial charge in [-0.1, -0.05) is 45.9 Å². The highest BCUT2D eigenvalue weighted by Gasteiger charge is 2.38. The molecule has 3 nitrogen and oxygen atoms in total. The van der Waals surface area contributed by atoms with Crippen molar-refractivity contribution in [1.29, 1.82) is 0 Å². The van der Waals surface area contributed by atoms with E-state index in [0.29, 0.717) is 5.92 Å². The minimum Gasteiger partial charge on any atom is -0.490 e. The number of carboxylic acid groups (broad SMARTS) is 1. The standard InChI is InChI=1S/C25H32O3/c1-24(2)12-13-25(3,4)21-14-16(8-10-20(21)24)18-6-5-7-22-19(18)15-17(28-22)9-11-23(26)27/h8-11,14,17-18H,5-7,12-13,15H2,1-4H3,(H,26,27)/b11-9+/t17?,18-/m0/s1. The first-order valence-corrected chi connectivity index (χ1v) is 10.6. The summed E-state index contributed by atoms with van der Waals surface area (Å²) in [6.07, 6.45) is 9.30. The van der Waals surface area contributed by atoms with Gasteiger partial charge < -0.3 is 9.84 Å². The fourth-order valence-corrected chi connectivity index (χ4v) is 5.32. The van der Waals surface area contributed by atoms with Crippen LogP contribution in [0.1, 0.15) is 88.8 Å². The Morgan fingerprint density at radius 1 is 1.14 bits per heavy atom. The number of rotatable bonds is 3. The van der Waals surface area contributed by atoms with E-state index < -0.39 is 5.97 Å². The fourth-order valence-electron chi connectivity index (χ4n) is 5.32. The number of carbonyl (C=O) groups is 1. The molecule has 1 heterocycles. The molecule has 0 amide bonds. The molecule has 1 aromatic rings. The van der Waals surface area contributed by atoms with Crippen molar-refractivity contribution in [2.24, 2.45) is 0 Å². The lowest BCUT2D eigenvalue weighted by atomic mass is 9.62. The highest BCUT2D eigenvalue weighted by Crippen LogP contribution is 2.49. The Balaban J connectivity index is 1.66. The molecule has 1 N–H and O–H groups in total. The van der Waals surface area contributed by atoms with Crippen LogP contribution in [0.2, 0.25) is 0 Å². The first-order valence-electron chi connectivity index (χ1n) is 10.6. The zero-order valence-corrected chi connectivity index (χ0v) is 17.5. The molecule has 1 aromatic carbocycles. The van der Waals surface area contributed by atoms with Gasteiger partial charge in [-0.15, -0.1) is 0 Å².